The molecule has 0 amide bonds. The number of hydrogen-bond acceptors (Lipinski definition) is 3. The predicted octanol–water partition coefficient (Wildman–Crippen LogP) is 3.69. The van der Waals surface area contributed by atoms with Crippen molar-refractivity contribution in [1.29, 1.82) is 0 Å². The lowest BCUT2D eigenvalue weighted by Gasteiger charge is -2.26. The largest absolute Gasteiger partial charge is 0.315 e. The van der Waals surface area contributed by atoms with E-state index in [0.717, 1.165) is 27.5 Å². The molecule has 7 heteroatoms. The molecule has 1 saturated carbocycles. The molecular formula is C18H18ClFINO2S. The summed E-state index contributed by atoms with van der Waals surface area (Å²) in [6.45, 7) is 0. The normalized spacial score (nSPS) is 27.0. The van der Waals surface area contributed by atoms with Crippen LogP contribution >= 0.6 is 35.0 Å². The maximum Gasteiger partial charge on any atom is 0.190 e. The monoisotopic (exact) mass is 493 g/mol. The molecule has 2 aliphatic rings. The van der Waals surface area contributed by atoms with Crippen molar-refractivity contribution >= 4 is 44.8 Å². The van der Waals surface area contributed by atoms with E-state index >= 15 is 0 Å². The Morgan fingerprint density at radius 3 is 2.52 bits per heavy atom. The molecule has 3 atom stereocenters. The molecule has 0 aliphatic heterocycles. The molecule has 134 valence electrons. The van der Waals surface area contributed by atoms with E-state index in [1.54, 1.807) is 0 Å². The Labute approximate surface area is 166 Å². The molecule has 3 nitrogen and oxygen atoms in total. The lowest BCUT2D eigenvalue weighted by atomic mass is 9.91. The molecule has 0 saturated heterocycles. The van der Waals surface area contributed by atoms with Gasteiger partial charge in [-0.3, -0.25) is 0 Å². The Bertz CT molecular complexity index is 913. The molecule has 0 bridgehead atoms. The van der Waals surface area contributed by atoms with Gasteiger partial charge in [0, 0.05) is 15.5 Å². The molecular weight excluding hydrogens is 476 g/mol. The summed E-state index contributed by atoms with van der Waals surface area (Å²) < 4.78 is 40.4. The molecule has 2 aromatic carbocycles. The molecule has 0 spiro atoms. The summed E-state index contributed by atoms with van der Waals surface area (Å²) in [7, 11) is -1.81. The number of aryl methyl sites for hydroxylation is 1. The fourth-order valence-electron chi connectivity index (χ4n) is 4.38. The second-order valence-corrected chi connectivity index (χ2v) is 9.86. The van der Waals surface area contributed by atoms with Crippen LogP contribution in [0.2, 0.25) is 0 Å². The zero-order valence-electron chi connectivity index (χ0n) is 13.5. The quantitative estimate of drug-likeness (QED) is 0.524. The topological polar surface area (TPSA) is 46.2 Å². The summed E-state index contributed by atoms with van der Waals surface area (Å²) in [6, 6.07) is 11.1. The Hall–Kier alpha value is -0.700. The van der Waals surface area contributed by atoms with E-state index in [4.69, 9.17) is 0 Å². The summed E-state index contributed by atoms with van der Waals surface area (Å²) in [6.07, 6.45) is 1.74. The summed E-state index contributed by atoms with van der Waals surface area (Å²) >= 11 is 2.26. The number of nitrogens with one attached hydrogen (secondary N) is 1. The smallest absolute Gasteiger partial charge is 0.190 e. The van der Waals surface area contributed by atoms with Crippen LogP contribution in [0.25, 0.3) is 0 Å². The van der Waals surface area contributed by atoms with Crippen molar-refractivity contribution in [2.24, 2.45) is 5.92 Å². The number of benzene rings is 2. The van der Waals surface area contributed by atoms with Crippen LogP contribution in [0, 0.1) is 15.3 Å². The van der Waals surface area contributed by atoms with Gasteiger partial charge in [0.05, 0.1) is 4.90 Å². The van der Waals surface area contributed by atoms with Gasteiger partial charge in [-0.25, -0.2) is 12.8 Å². The summed E-state index contributed by atoms with van der Waals surface area (Å²) in [5, 5.41) is 3.21. The molecule has 0 heterocycles. The van der Waals surface area contributed by atoms with Crippen molar-refractivity contribution in [2.75, 3.05) is 7.05 Å². The highest BCUT2D eigenvalue weighted by Gasteiger charge is 2.74. The molecule has 2 aromatic rings. The van der Waals surface area contributed by atoms with E-state index in [1.165, 1.54) is 24.3 Å². The molecule has 0 radical (unpaired) electrons. The van der Waals surface area contributed by atoms with E-state index in [0.29, 0.717) is 0 Å². The third-order valence-corrected chi connectivity index (χ3v) is 8.63. The van der Waals surface area contributed by atoms with Gasteiger partial charge in [-0.15, -0.1) is 12.4 Å². The Balaban J connectivity index is 0.00000182. The average molecular weight is 494 g/mol. The van der Waals surface area contributed by atoms with Gasteiger partial charge in [-0.2, -0.15) is 0 Å². The van der Waals surface area contributed by atoms with Gasteiger partial charge in [0.15, 0.2) is 9.84 Å². The van der Waals surface area contributed by atoms with E-state index in [-0.39, 0.29) is 29.3 Å². The van der Waals surface area contributed by atoms with Crippen molar-refractivity contribution in [3.63, 3.8) is 0 Å². The van der Waals surface area contributed by atoms with E-state index < -0.39 is 20.4 Å². The van der Waals surface area contributed by atoms with Gasteiger partial charge in [0.1, 0.15) is 10.6 Å². The van der Waals surface area contributed by atoms with Crippen LogP contribution in [-0.4, -0.2) is 21.5 Å². The third kappa shape index (κ3) is 2.56. The van der Waals surface area contributed by atoms with Crippen molar-refractivity contribution < 1.29 is 12.8 Å². The number of fused-ring (bicyclic) bond motifs is 3. The average Bonchev–Trinajstić information content (AvgIpc) is 3.25. The first-order valence-electron chi connectivity index (χ1n) is 7.89. The van der Waals surface area contributed by atoms with Crippen LogP contribution < -0.4 is 5.32 Å². The Morgan fingerprint density at radius 1 is 1.20 bits per heavy atom. The number of sulfone groups is 1. The van der Waals surface area contributed by atoms with Gasteiger partial charge >= 0.3 is 0 Å². The highest BCUT2D eigenvalue weighted by molar-refractivity contribution is 14.1. The lowest BCUT2D eigenvalue weighted by molar-refractivity contribution is 0.553. The maximum atomic E-state index is 13.5. The highest BCUT2D eigenvalue weighted by atomic mass is 127. The van der Waals surface area contributed by atoms with Crippen LogP contribution in [0.5, 0.6) is 0 Å². The first-order valence-corrected chi connectivity index (χ1v) is 10.5. The van der Waals surface area contributed by atoms with E-state index in [2.05, 4.69) is 34.0 Å². The minimum absolute atomic E-state index is 0. The SMILES string of the molecule is CNC1C2CCc3cc(I)ccc3C21S(=O)(=O)c1ccc(F)cc1.Cl. The molecule has 25 heavy (non-hydrogen) atoms. The van der Waals surface area contributed by atoms with Crippen LogP contribution in [0.3, 0.4) is 0 Å². The number of hydrogen-bond donors (Lipinski definition) is 1. The standard InChI is InChI=1S/C18H17FINO2S.ClH/c1-21-17-16-8-2-11-10-13(20)5-9-15(11)18(16,17)24(22,23)14-6-3-12(19)4-7-14;/h3-7,9-10,16-17,21H,2,8H2,1H3;1H. The first kappa shape index (κ1) is 19.1. The summed E-state index contributed by atoms with van der Waals surface area (Å²) in [4.78, 5) is 0.193. The fourth-order valence-corrected chi connectivity index (χ4v) is 7.51. The minimum Gasteiger partial charge on any atom is -0.315 e. The van der Waals surface area contributed by atoms with Crippen LogP contribution in [0.15, 0.2) is 47.4 Å². The zero-order chi connectivity index (χ0) is 17.1. The van der Waals surface area contributed by atoms with Gasteiger partial charge in [-0.1, -0.05) is 6.07 Å². The van der Waals surface area contributed by atoms with Gasteiger partial charge in [0.2, 0.25) is 0 Å². The maximum absolute atomic E-state index is 13.5. The minimum atomic E-state index is -3.62. The van der Waals surface area contributed by atoms with Gasteiger partial charge in [-0.05, 0) is 90.0 Å². The van der Waals surface area contributed by atoms with Crippen molar-refractivity contribution in [3.8, 4) is 0 Å². The second-order valence-electron chi connectivity index (χ2n) is 6.46. The number of halogens is 3. The second kappa shape index (κ2) is 6.48. The van der Waals surface area contributed by atoms with Crippen molar-refractivity contribution in [1.82, 2.24) is 5.32 Å². The predicted molar refractivity (Wildman–Crippen MR) is 106 cm³/mol. The molecule has 3 unspecified atom stereocenters. The van der Waals surface area contributed by atoms with Crippen molar-refractivity contribution in [3.05, 3.63) is 63.0 Å². The van der Waals surface area contributed by atoms with Gasteiger partial charge in [0.25, 0.3) is 0 Å². The van der Waals surface area contributed by atoms with Crippen molar-refractivity contribution in [2.45, 2.75) is 28.5 Å². The summed E-state index contributed by atoms with van der Waals surface area (Å²) in [5.41, 5.74) is 2.02. The lowest BCUT2D eigenvalue weighted by Crippen LogP contribution is -2.32. The molecule has 4 rings (SSSR count). The van der Waals surface area contributed by atoms with Crippen LogP contribution in [0.1, 0.15) is 17.5 Å². The Morgan fingerprint density at radius 2 is 1.88 bits per heavy atom. The molecule has 2 aliphatic carbocycles. The molecule has 0 aromatic heterocycles. The number of rotatable bonds is 3. The van der Waals surface area contributed by atoms with Crippen LogP contribution in [0.4, 0.5) is 4.39 Å². The number of likely N-dealkylation sites (N-methyl/N-ethyl adjacent to an activating group) is 1. The van der Waals surface area contributed by atoms with E-state index in [9.17, 15) is 12.8 Å². The summed E-state index contributed by atoms with van der Waals surface area (Å²) in [5.74, 6) is -0.368. The highest BCUT2D eigenvalue weighted by Crippen LogP contribution is 2.64. The van der Waals surface area contributed by atoms with E-state index in [1.807, 2.05) is 19.2 Å². The first-order chi connectivity index (χ1) is 11.4. The molecule has 1 fully saturated rings. The Kier molecular flexibility index (Phi) is 4.94. The van der Waals surface area contributed by atoms with Gasteiger partial charge < -0.3 is 5.32 Å². The third-order valence-electron chi connectivity index (χ3n) is 5.40. The van der Waals surface area contributed by atoms with Crippen LogP contribution in [-0.2, 0) is 21.0 Å². The molecule has 1 N–H and O–H groups in total. The zero-order valence-corrected chi connectivity index (χ0v) is 17.3. The fraction of sp³-hybridized carbons (Fsp3) is 0.333.